The highest BCUT2D eigenvalue weighted by Gasteiger charge is 2.01. The molecule has 1 heterocycles. The molecule has 0 atom stereocenters. The molecule has 0 aliphatic carbocycles. The highest BCUT2D eigenvalue weighted by molar-refractivity contribution is 7.98. The summed E-state index contributed by atoms with van der Waals surface area (Å²) in [5.41, 5.74) is 0.972. The van der Waals surface area contributed by atoms with E-state index < -0.39 is 0 Å². The van der Waals surface area contributed by atoms with Crippen LogP contribution in [0.4, 0.5) is 5.82 Å². The van der Waals surface area contributed by atoms with Gasteiger partial charge in [0.15, 0.2) is 0 Å². The van der Waals surface area contributed by atoms with E-state index >= 15 is 0 Å². The first-order valence-corrected chi connectivity index (χ1v) is 7.62. The number of aromatic nitrogens is 2. The molecule has 0 aliphatic heterocycles. The number of hydrogen-bond donors (Lipinski definition) is 1. The van der Waals surface area contributed by atoms with Crippen molar-refractivity contribution in [3.63, 3.8) is 0 Å². The van der Waals surface area contributed by atoms with Crippen molar-refractivity contribution < 1.29 is 4.74 Å². The first-order valence-electron chi connectivity index (χ1n) is 6.63. The Morgan fingerprint density at radius 1 is 1.25 bits per heavy atom. The van der Waals surface area contributed by atoms with Gasteiger partial charge in [0, 0.05) is 17.2 Å². The average Bonchev–Trinajstić information content (AvgIpc) is 2.52. The Balaban J connectivity index is 1.89. The third kappa shape index (κ3) is 4.42. The first-order chi connectivity index (χ1) is 9.81. The van der Waals surface area contributed by atoms with E-state index in [0.29, 0.717) is 0 Å². The van der Waals surface area contributed by atoms with Crippen LogP contribution in [-0.2, 0) is 5.75 Å². The van der Waals surface area contributed by atoms with Crippen LogP contribution in [0.15, 0.2) is 41.6 Å². The Morgan fingerprint density at radius 3 is 2.85 bits per heavy atom. The maximum atomic E-state index is 5.21. The Kier molecular flexibility index (Phi) is 5.68. The van der Waals surface area contributed by atoms with Gasteiger partial charge in [-0.3, -0.25) is 4.98 Å². The lowest BCUT2D eigenvalue weighted by Gasteiger charge is -2.05. The predicted octanol–water partition coefficient (Wildman–Crippen LogP) is 3.60. The summed E-state index contributed by atoms with van der Waals surface area (Å²) in [6.07, 6.45) is 4.69. The largest absolute Gasteiger partial charge is 0.497 e. The van der Waals surface area contributed by atoms with Crippen molar-refractivity contribution in [2.24, 2.45) is 0 Å². The van der Waals surface area contributed by atoms with Crippen LogP contribution in [0, 0.1) is 0 Å². The topological polar surface area (TPSA) is 47.0 Å². The maximum absolute atomic E-state index is 5.21. The number of thioether (sulfide) groups is 1. The molecule has 5 heteroatoms. The standard InChI is InChI=1S/C15H19N3OS/c1-3-7-16-15-10-17-12(9-18-15)11-20-14-6-4-5-13(8-14)19-2/h4-6,8-10H,3,7,11H2,1-2H3,(H,16,18). The molecule has 2 aromatic rings. The van der Waals surface area contributed by atoms with Crippen LogP contribution in [0.2, 0.25) is 0 Å². The summed E-state index contributed by atoms with van der Waals surface area (Å²) in [5, 5.41) is 3.21. The Labute approximate surface area is 124 Å². The second-order valence-corrected chi connectivity index (χ2v) is 5.34. The summed E-state index contributed by atoms with van der Waals surface area (Å²) in [6.45, 7) is 3.05. The molecule has 0 saturated carbocycles. The van der Waals surface area contributed by atoms with E-state index in [4.69, 9.17) is 4.74 Å². The fourth-order valence-corrected chi connectivity index (χ4v) is 2.46. The number of anilines is 1. The SMILES string of the molecule is CCCNc1cnc(CSc2cccc(OC)c2)cn1. The molecule has 106 valence electrons. The highest BCUT2D eigenvalue weighted by Crippen LogP contribution is 2.25. The number of ether oxygens (including phenoxy) is 1. The molecule has 0 radical (unpaired) electrons. The molecule has 20 heavy (non-hydrogen) atoms. The van der Waals surface area contributed by atoms with E-state index in [2.05, 4.69) is 28.3 Å². The fraction of sp³-hybridized carbons (Fsp3) is 0.333. The van der Waals surface area contributed by atoms with Crippen molar-refractivity contribution in [3.8, 4) is 5.75 Å². The average molecular weight is 289 g/mol. The summed E-state index contributed by atoms with van der Waals surface area (Å²) in [5.74, 6) is 2.51. The van der Waals surface area contributed by atoms with E-state index in [1.54, 1.807) is 25.1 Å². The summed E-state index contributed by atoms with van der Waals surface area (Å²) < 4.78 is 5.21. The van der Waals surface area contributed by atoms with E-state index in [9.17, 15) is 0 Å². The van der Waals surface area contributed by atoms with Gasteiger partial charge in [0.2, 0.25) is 0 Å². The number of rotatable bonds is 7. The molecule has 0 spiro atoms. The minimum absolute atomic E-state index is 0.800. The van der Waals surface area contributed by atoms with Crippen LogP contribution in [0.25, 0.3) is 0 Å². The molecule has 0 saturated heterocycles. The predicted molar refractivity (Wildman–Crippen MR) is 83.4 cm³/mol. The van der Waals surface area contributed by atoms with Gasteiger partial charge in [-0.25, -0.2) is 4.98 Å². The smallest absolute Gasteiger partial charge is 0.144 e. The van der Waals surface area contributed by atoms with E-state index in [0.717, 1.165) is 36.0 Å². The molecule has 4 nitrogen and oxygen atoms in total. The third-order valence-electron chi connectivity index (χ3n) is 2.69. The quantitative estimate of drug-likeness (QED) is 0.789. The Hall–Kier alpha value is -1.75. The molecule has 2 rings (SSSR count). The zero-order chi connectivity index (χ0) is 14.2. The molecule has 1 aromatic heterocycles. The summed E-state index contributed by atoms with van der Waals surface area (Å²) in [6, 6.07) is 8.02. The van der Waals surface area contributed by atoms with Gasteiger partial charge in [-0.15, -0.1) is 11.8 Å². The lowest BCUT2D eigenvalue weighted by atomic mass is 10.3. The van der Waals surface area contributed by atoms with Gasteiger partial charge in [-0.1, -0.05) is 13.0 Å². The van der Waals surface area contributed by atoms with Crippen molar-refractivity contribution in [2.45, 2.75) is 24.0 Å². The van der Waals surface area contributed by atoms with Gasteiger partial charge < -0.3 is 10.1 Å². The molecule has 0 fully saturated rings. The van der Waals surface area contributed by atoms with Crippen LogP contribution in [-0.4, -0.2) is 23.6 Å². The minimum atomic E-state index is 0.800. The molecule has 0 unspecified atom stereocenters. The van der Waals surface area contributed by atoms with Gasteiger partial charge in [0.25, 0.3) is 0 Å². The number of benzene rings is 1. The second-order valence-electron chi connectivity index (χ2n) is 4.29. The normalized spacial score (nSPS) is 10.3. The van der Waals surface area contributed by atoms with Gasteiger partial charge >= 0.3 is 0 Å². The van der Waals surface area contributed by atoms with E-state index in [1.165, 1.54) is 4.90 Å². The van der Waals surface area contributed by atoms with Crippen molar-refractivity contribution in [2.75, 3.05) is 19.0 Å². The molecule has 0 bridgehead atoms. The van der Waals surface area contributed by atoms with Gasteiger partial charge in [-0.2, -0.15) is 0 Å². The third-order valence-corrected chi connectivity index (χ3v) is 3.72. The number of methoxy groups -OCH3 is 1. The van der Waals surface area contributed by atoms with Crippen LogP contribution in [0.1, 0.15) is 19.0 Å². The summed E-state index contributed by atoms with van der Waals surface area (Å²) >= 11 is 1.72. The lowest BCUT2D eigenvalue weighted by Crippen LogP contribution is -2.02. The van der Waals surface area contributed by atoms with Crippen LogP contribution in [0.5, 0.6) is 5.75 Å². The first kappa shape index (κ1) is 14.7. The summed E-state index contributed by atoms with van der Waals surface area (Å²) in [7, 11) is 1.68. The van der Waals surface area contributed by atoms with Crippen molar-refractivity contribution in [1.82, 2.24) is 9.97 Å². The van der Waals surface area contributed by atoms with E-state index in [-0.39, 0.29) is 0 Å². The number of hydrogen-bond acceptors (Lipinski definition) is 5. The lowest BCUT2D eigenvalue weighted by molar-refractivity contribution is 0.413. The van der Waals surface area contributed by atoms with E-state index in [1.807, 2.05) is 24.4 Å². The Morgan fingerprint density at radius 2 is 2.15 bits per heavy atom. The molecular weight excluding hydrogens is 270 g/mol. The van der Waals surface area contributed by atoms with Crippen molar-refractivity contribution in [1.29, 1.82) is 0 Å². The van der Waals surface area contributed by atoms with Gasteiger partial charge in [0.05, 0.1) is 25.2 Å². The maximum Gasteiger partial charge on any atom is 0.144 e. The van der Waals surface area contributed by atoms with Crippen molar-refractivity contribution >= 4 is 17.6 Å². The summed E-state index contributed by atoms with van der Waals surface area (Å²) in [4.78, 5) is 9.93. The van der Waals surface area contributed by atoms with Crippen LogP contribution in [0.3, 0.4) is 0 Å². The molecule has 0 aliphatic rings. The molecular formula is C15H19N3OS. The van der Waals surface area contributed by atoms with Crippen LogP contribution >= 0.6 is 11.8 Å². The monoisotopic (exact) mass is 289 g/mol. The van der Waals surface area contributed by atoms with Gasteiger partial charge in [0.1, 0.15) is 11.6 Å². The fourth-order valence-electron chi connectivity index (χ4n) is 1.62. The number of nitrogens with one attached hydrogen (secondary N) is 1. The number of nitrogens with zero attached hydrogens (tertiary/aromatic N) is 2. The second kappa shape index (κ2) is 7.75. The van der Waals surface area contributed by atoms with Gasteiger partial charge in [-0.05, 0) is 24.6 Å². The minimum Gasteiger partial charge on any atom is -0.497 e. The highest BCUT2D eigenvalue weighted by atomic mass is 32.2. The zero-order valence-electron chi connectivity index (χ0n) is 11.8. The molecule has 1 N–H and O–H groups in total. The van der Waals surface area contributed by atoms with Crippen LogP contribution < -0.4 is 10.1 Å². The Bertz CT molecular complexity index is 531. The molecule has 1 aromatic carbocycles. The zero-order valence-corrected chi connectivity index (χ0v) is 12.6. The molecule has 0 amide bonds. The van der Waals surface area contributed by atoms with Crippen molar-refractivity contribution in [3.05, 3.63) is 42.4 Å².